The lowest BCUT2D eigenvalue weighted by Gasteiger charge is -2.70. The maximum absolute atomic E-state index is 14.5. The van der Waals surface area contributed by atoms with Gasteiger partial charge in [0.1, 0.15) is 6.04 Å². The number of nitrogens with one attached hydrogen (secondary N) is 1. The van der Waals surface area contributed by atoms with Crippen molar-refractivity contribution in [2.45, 2.75) is 138 Å². The van der Waals surface area contributed by atoms with E-state index in [0.29, 0.717) is 18.3 Å². The second-order valence-corrected chi connectivity index (χ2v) is 19.3. The molecule has 2 N–H and O–H groups in total. The van der Waals surface area contributed by atoms with Gasteiger partial charge in [0.2, 0.25) is 5.91 Å². The third-order valence-corrected chi connectivity index (χ3v) is 15.3. The highest BCUT2D eigenvalue weighted by molar-refractivity contribution is 5.88. The number of carboxylic acids is 1. The fraction of sp³-hybridized carbons (Fsp3) is 0.714. The fourth-order valence-corrected chi connectivity index (χ4v) is 12.6. The van der Waals surface area contributed by atoms with E-state index in [2.05, 4.69) is 84.1 Å². The summed E-state index contributed by atoms with van der Waals surface area (Å²) in [7, 11) is 0. The molecule has 0 aliphatic heterocycles. The number of aliphatic carboxylic acids is 1. The molecule has 5 aliphatic rings. The topological polar surface area (TPSA) is 92.2 Å². The summed E-state index contributed by atoms with van der Waals surface area (Å²) in [6.45, 7) is 21.4. The molecular weight excluding hydrogens is 594 g/mol. The van der Waals surface area contributed by atoms with Crippen LogP contribution in [0, 0.1) is 50.7 Å². The maximum atomic E-state index is 14.5. The number of carbonyl (C=O) groups excluding carboxylic acids is 1. The highest BCUT2D eigenvalue weighted by atomic mass is 16.4. The highest BCUT2D eigenvalue weighted by Crippen LogP contribution is 2.75. The van der Waals surface area contributed by atoms with E-state index >= 15 is 0 Å². The van der Waals surface area contributed by atoms with Gasteiger partial charge < -0.3 is 10.4 Å². The minimum Gasteiger partial charge on any atom is -0.480 e. The molecule has 0 bridgehead atoms. The van der Waals surface area contributed by atoms with E-state index in [0.717, 1.165) is 56.0 Å². The van der Waals surface area contributed by atoms with Gasteiger partial charge in [-0.25, -0.2) is 14.8 Å². The monoisotopic (exact) mass is 653 g/mol. The number of nitrogens with zero attached hydrogens (tertiary/aromatic N) is 2. The van der Waals surface area contributed by atoms with Gasteiger partial charge in [-0.05, 0) is 122 Å². The summed E-state index contributed by atoms with van der Waals surface area (Å²) in [6, 6.07) is 7.49. The molecule has 7 rings (SSSR count). The SMILES string of the molecule is CC(C)C[C@H](NC(=O)[C@]12CCC(C)(C)C[C@H]1C1=CC[C@@H]3[C@@]4(C)Cc5nc6ccccc6nc5C(C)(C)[C@@H]4CC[C@@]3(C)[C@]1(C)CC2)C(=O)O. The lowest BCUT2D eigenvalue weighted by molar-refractivity contribution is -0.169. The first-order chi connectivity index (χ1) is 22.4. The second kappa shape index (κ2) is 10.9. The van der Waals surface area contributed by atoms with Gasteiger partial charge in [-0.3, -0.25) is 4.79 Å². The Morgan fingerprint density at radius 2 is 1.58 bits per heavy atom. The third-order valence-electron chi connectivity index (χ3n) is 15.3. The summed E-state index contributed by atoms with van der Waals surface area (Å²) in [4.78, 5) is 37.4. The summed E-state index contributed by atoms with van der Waals surface area (Å²) in [5.74, 6) is 0.402. The lowest BCUT2D eigenvalue weighted by atomic mass is 9.33. The first kappa shape index (κ1) is 33.7. The first-order valence-corrected chi connectivity index (χ1v) is 18.9. The molecule has 260 valence electrons. The average Bonchev–Trinajstić information content (AvgIpc) is 2.99. The Labute approximate surface area is 288 Å². The largest absolute Gasteiger partial charge is 0.480 e. The molecule has 8 atom stereocenters. The van der Waals surface area contributed by atoms with E-state index in [1.165, 1.54) is 29.8 Å². The van der Waals surface area contributed by atoms with Gasteiger partial charge in [0, 0.05) is 5.41 Å². The van der Waals surface area contributed by atoms with Crippen LogP contribution in [-0.4, -0.2) is 33.0 Å². The molecule has 1 amide bonds. The molecule has 48 heavy (non-hydrogen) atoms. The number of allylic oxidation sites excluding steroid dienone is 2. The van der Waals surface area contributed by atoms with Gasteiger partial charge in [-0.2, -0.15) is 0 Å². The number of aromatic nitrogens is 2. The van der Waals surface area contributed by atoms with Crippen LogP contribution in [0.4, 0.5) is 0 Å². The zero-order valence-electron chi connectivity index (χ0n) is 31.0. The van der Waals surface area contributed by atoms with Crippen molar-refractivity contribution in [3.8, 4) is 0 Å². The number of rotatable bonds is 5. The number of carbonyl (C=O) groups is 2. The maximum Gasteiger partial charge on any atom is 0.326 e. The molecule has 1 aromatic heterocycles. The number of fused-ring (bicyclic) bond motifs is 9. The quantitative estimate of drug-likeness (QED) is 0.314. The summed E-state index contributed by atoms with van der Waals surface area (Å²) in [5, 5.41) is 13.2. The van der Waals surface area contributed by atoms with Crippen LogP contribution in [0.3, 0.4) is 0 Å². The predicted molar refractivity (Wildman–Crippen MR) is 191 cm³/mol. The summed E-state index contributed by atoms with van der Waals surface area (Å²) >= 11 is 0. The van der Waals surface area contributed by atoms with Gasteiger partial charge in [-0.1, -0.05) is 86.1 Å². The lowest BCUT2D eigenvalue weighted by Crippen LogP contribution is -2.65. The van der Waals surface area contributed by atoms with Crippen molar-refractivity contribution in [3.05, 3.63) is 47.3 Å². The van der Waals surface area contributed by atoms with Gasteiger partial charge in [0.05, 0.1) is 27.8 Å². The number of hydrogen-bond donors (Lipinski definition) is 2. The van der Waals surface area contributed by atoms with Crippen molar-refractivity contribution in [1.29, 1.82) is 0 Å². The number of amides is 1. The molecule has 0 spiro atoms. The van der Waals surface area contributed by atoms with Crippen LogP contribution in [0.5, 0.6) is 0 Å². The molecule has 0 saturated heterocycles. The van der Waals surface area contributed by atoms with Crippen LogP contribution in [0.1, 0.15) is 131 Å². The molecule has 6 nitrogen and oxygen atoms in total. The first-order valence-electron chi connectivity index (χ1n) is 18.9. The van der Waals surface area contributed by atoms with Crippen molar-refractivity contribution in [2.24, 2.45) is 50.7 Å². The zero-order valence-corrected chi connectivity index (χ0v) is 31.0. The van der Waals surface area contributed by atoms with Gasteiger partial charge in [0.15, 0.2) is 0 Å². The van der Waals surface area contributed by atoms with Crippen LogP contribution < -0.4 is 5.32 Å². The average molecular weight is 654 g/mol. The number of para-hydroxylation sites is 2. The molecule has 3 fully saturated rings. The highest BCUT2D eigenvalue weighted by Gasteiger charge is 2.69. The molecule has 1 aromatic carbocycles. The normalized spacial score (nSPS) is 38.4. The molecule has 6 heteroatoms. The Bertz CT molecular complexity index is 1690. The van der Waals surface area contributed by atoms with E-state index in [9.17, 15) is 14.7 Å². The van der Waals surface area contributed by atoms with Crippen molar-refractivity contribution in [2.75, 3.05) is 0 Å². The molecule has 0 radical (unpaired) electrons. The Morgan fingerprint density at radius 1 is 0.917 bits per heavy atom. The fourth-order valence-electron chi connectivity index (χ4n) is 12.6. The summed E-state index contributed by atoms with van der Waals surface area (Å²) < 4.78 is 0. The minimum atomic E-state index is -0.923. The standard InChI is InChI=1S/C42H59N3O3/c1-25(2)22-30(35(46)47)45-36(48)42-20-18-37(3,4)23-27(42)26-14-15-33-39(7)24-31-34(44-29-13-11-10-12-28(29)43-31)38(5,6)32(39)16-17-41(33,9)40(26,8)19-21-42/h10-14,25,27,30,32-33H,15-24H2,1-9H3,(H,45,48)(H,46,47)/t27-,30-,32-,33+,39-,40+,41+,42-/m0/s1. The molecule has 0 unspecified atom stereocenters. The van der Waals surface area contributed by atoms with E-state index in [-0.39, 0.29) is 44.8 Å². The minimum absolute atomic E-state index is 0.0154. The molecular formula is C42H59N3O3. The van der Waals surface area contributed by atoms with Crippen molar-refractivity contribution in [1.82, 2.24) is 15.3 Å². The van der Waals surface area contributed by atoms with Crippen LogP contribution in [0.2, 0.25) is 0 Å². The van der Waals surface area contributed by atoms with Crippen LogP contribution >= 0.6 is 0 Å². The molecule has 5 aliphatic carbocycles. The van der Waals surface area contributed by atoms with Gasteiger partial charge >= 0.3 is 5.97 Å². The molecule has 2 aromatic rings. The van der Waals surface area contributed by atoms with E-state index in [1.54, 1.807) is 0 Å². The number of carboxylic acid groups (broad SMARTS) is 1. The Morgan fingerprint density at radius 3 is 2.25 bits per heavy atom. The van der Waals surface area contributed by atoms with Crippen molar-refractivity contribution >= 4 is 22.9 Å². The smallest absolute Gasteiger partial charge is 0.326 e. The summed E-state index contributed by atoms with van der Waals surface area (Å²) in [5.41, 5.74) is 5.54. The Hall–Kier alpha value is -2.76. The van der Waals surface area contributed by atoms with Crippen LogP contribution in [-0.2, 0) is 21.4 Å². The number of hydrogen-bond acceptors (Lipinski definition) is 4. The van der Waals surface area contributed by atoms with Crippen LogP contribution in [0.15, 0.2) is 35.9 Å². The van der Waals surface area contributed by atoms with Crippen LogP contribution in [0.25, 0.3) is 11.0 Å². The van der Waals surface area contributed by atoms with E-state index in [4.69, 9.17) is 9.97 Å². The zero-order chi connectivity index (χ0) is 34.7. The van der Waals surface area contributed by atoms with Gasteiger partial charge in [0.25, 0.3) is 0 Å². The predicted octanol–water partition coefficient (Wildman–Crippen LogP) is 9.06. The third kappa shape index (κ3) is 4.69. The second-order valence-electron chi connectivity index (χ2n) is 19.3. The number of benzene rings is 1. The van der Waals surface area contributed by atoms with Crippen molar-refractivity contribution < 1.29 is 14.7 Å². The van der Waals surface area contributed by atoms with E-state index < -0.39 is 17.4 Å². The Balaban J connectivity index is 1.29. The summed E-state index contributed by atoms with van der Waals surface area (Å²) in [6.07, 6.45) is 12.0. The van der Waals surface area contributed by atoms with E-state index in [1.807, 2.05) is 13.8 Å². The Kier molecular flexibility index (Phi) is 7.64. The van der Waals surface area contributed by atoms with Gasteiger partial charge in [-0.15, -0.1) is 0 Å². The van der Waals surface area contributed by atoms with Crippen molar-refractivity contribution in [3.63, 3.8) is 0 Å². The molecule has 1 heterocycles. The molecule has 3 saturated carbocycles.